The molecule has 0 radical (unpaired) electrons. The summed E-state index contributed by atoms with van der Waals surface area (Å²) in [6.07, 6.45) is 9.17. The van der Waals surface area contributed by atoms with E-state index in [-0.39, 0.29) is 23.9 Å². The molecule has 4 atom stereocenters. The SMILES string of the molecule is C/C=C/C(=O)N1C[C@H](Nc2ncnc3[nH]cc([C@@H]4CC4(C)F)c23)CC[C@@H]1C. The van der Waals surface area contributed by atoms with Crippen LogP contribution in [0.15, 0.2) is 24.7 Å². The molecule has 0 aromatic carbocycles. The van der Waals surface area contributed by atoms with Gasteiger partial charge in [-0.15, -0.1) is 0 Å². The molecular formula is C20H26FN5O. The minimum atomic E-state index is -1.15. The first-order valence-corrected chi connectivity index (χ1v) is 9.61. The summed E-state index contributed by atoms with van der Waals surface area (Å²) in [5, 5.41) is 4.37. The lowest BCUT2D eigenvalue weighted by atomic mass is 9.99. The third-order valence-electron chi connectivity index (χ3n) is 5.86. The number of halogens is 1. The number of nitrogens with zero attached hydrogens (tertiary/aromatic N) is 3. The van der Waals surface area contributed by atoms with Crippen LogP contribution in [0.3, 0.4) is 0 Å². The molecule has 2 N–H and O–H groups in total. The number of hydrogen-bond acceptors (Lipinski definition) is 4. The number of carbonyl (C=O) groups is 1. The lowest BCUT2D eigenvalue weighted by Gasteiger charge is -2.38. The van der Waals surface area contributed by atoms with E-state index in [0.29, 0.717) is 13.0 Å². The summed E-state index contributed by atoms with van der Waals surface area (Å²) >= 11 is 0. The number of H-pyrrole nitrogens is 1. The number of piperidine rings is 1. The number of allylic oxidation sites excluding steroid dienone is 1. The molecular weight excluding hydrogens is 345 g/mol. The number of rotatable bonds is 4. The van der Waals surface area contributed by atoms with E-state index >= 15 is 0 Å². The highest BCUT2D eigenvalue weighted by Gasteiger charge is 2.53. The van der Waals surface area contributed by atoms with Crippen LogP contribution in [-0.2, 0) is 4.79 Å². The molecule has 144 valence electrons. The van der Waals surface area contributed by atoms with Crippen molar-refractivity contribution >= 4 is 22.8 Å². The zero-order valence-corrected chi connectivity index (χ0v) is 16.0. The van der Waals surface area contributed by atoms with Crippen LogP contribution in [0.4, 0.5) is 10.2 Å². The maximum Gasteiger partial charge on any atom is 0.246 e. The van der Waals surface area contributed by atoms with Gasteiger partial charge in [0.25, 0.3) is 0 Å². The fourth-order valence-corrected chi connectivity index (χ4v) is 4.11. The van der Waals surface area contributed by atoms with Gasteiger partial charge in [-0.2, -0.15) is 0 Å². The Bertz CT molecular complexity index is 890. The van der Waals surface area contributed by atoms with Gasteiger partial charge in [0.15, 0.2) is 0 Å². The van der Waals surface area contributed by atoms with Gasteiger partial charge in [0.2, 0.25) is 5.91 Å². The third-order valence-corrected chi connectivity index (χ3v) is 5.86. The molecule has 6 nitrogen and oxygen atoms in total. The molecule has 1 aliphatic heterocycles. The number of amides is 1. The third kappa shape index (κ3) is 3.31. The van der Waals surface area contributed by atoms with Crippen molar-refractivity contribution in [3.8, 4) is 0 Å². The normalized spacial score (nSPS) is 30.8. The molecule has 2 aromatic heterocycles. The number of nitrogens with one attached hydrogen (secondary N) is 2. The Morgan fingerprint density at radius 2 is 2.22 bits per heavy atom. The van der Waals surface area contributed by atoms with Gasteiger partial charge in [0.1, 0.15) is 23.5 Å². The second-order valence-corrected chi connectivity index (χ2v) is 7.98. The van der Waals surface area contributed by atoms with Gasteiger partial charge in [-0.05, 0) is 51.7 Å². The van der Waals surface area contributed by atoms with Gasteiger partial charge in [-0.1, -0.05) is 6.08 Å². The van der Waals surface area contributed by atoms with E-state index in [1.807, 2.05) is 18.0 Å². The monoisotopic (exact) mass is 371 g/mol. The first-order valence-electron chi connectivity index (χ1n) is 9.61. The molecule has 2 aromatic rings. The number of alkyl halides is 1. The predicted molar refractivity (Wildman–Crippen MR) is 103 cm³/mol. The largest absolute Gasteiger partial charge is 0.365 e. The zero-order chi connectivity index (χ0) is 19.2. The van der Waals surface area contributed by atoms with Crippen molar-refractivity contribution in [2.24, 2.45) is 0 Å². The van der Waals surface area contributed by atoms with E-state index in [0.717, 1.165) is 35.3 Å². The number of likely N-dealkylation sites (tertiary alicyclic amines) is 1. The highest BCUT2D eigenvalue weighted by molar-refractivity contribution is 5.91. The van der Waals surface area contributed by atoms with Gasteiger partial charge in [0.05, 0.1) is 5.39 Å². The van der Waals surface area contributed by atoms with Crippen molar-refractivity contribution in [2.45, 2.75) is 63.7 Å². The maximum absolute atomic E-state index is 14.3. The molecule has 2 aliphatic rings. The summed E-state index contributed by atoms with van der Waals surface area (Å²) < 4.78 is 14.3. The molecule has 3 heterocycles. The van der Waals surface area contributed by atoms with E-state index in [2.05, 4.69) is 27.2 Å². The van der Waals surface area contributed by atoms with Crippen LogP contribution in [0.1, 0.15) is 51.5 Å². The smallest absolute Gasteiger partial charge is 0.246 e. The van der Waals surface area contributed by atoms with Crippen LogP contribution in [0.5, 0.6) is 0 Å². The number of aromatic nitrogens is 3. The Balaban J connectivity index is 1.58. The fraction of sp³-hybridized carbons (Fsp3) is 0.550. The molecule has 1 unspecified atom stereocenters. The summed E-state index contributed by atoms with van der Waals surface area (Å²) in [4.78, 5) is 26.1. The highest BCUT2D eigenvalue weighted by atomic mass is 19.1. The second kappa shape index (κ2) is 6.62. The molecule has 1 saturated heterocycles. The van der Waals surface area contributed by atoms with Crippen molar-refractivity contribution in [2.75, 3.05) is 11.9 Å². The van der Waals surface area contributed by atoms with Crippen LogP contribution < -0.4 is 5.32 Å². The van der Waals surface area contributed by atoms with E-state index in [4.69, 9.17) is 0 Å². The quantitative estimate of drug-likeness (QED) is 0.806. The summed E-state index contributed by atoms with van der Waals surface area (Å²) in [6, 6.07) is 0.325. The molecule has 7 heteroatoms. The Morgan fingerprint density at radius 3 is 2.93 bits per heavy atom. The summed E-state index contributed by atoms with van der Waals surface area (Å²) in [6.45, 7) is 6.20. The van der Waals surface area contributed by atoms with Gasteiger partial charge in [-0.25, -0.2) is 14.4 Å². The zero-order valence-electron chi connectivity index (χ0n) is 16.0. The standard InChI is InChI=1S/C20H26FN5O/c1-4-5-16(27)26-10-13(7-6-12(26)2)25-19-17-14(15-8-20(15,3)21)9-22-18(17)23-11-24-19/h4-5,9,11-13,15H,6-8,10H2,1-3H3,(H2,22,23,24,25)/b5-4+/t12-,13+,15-,20?/m0/s1. The fourth-order valence-electron chi connectivity index (χ4n) is 4.11. The number of hydrogen-bond donors (Lipinski definition) is 2. The van der Waals surface area contributed by atoms with E-state index in [1.165, 1.54) is 6.33 Å². The van der Waals surface area contributed by atoms with E-state index in [9.17, 15) is 9.18 Å². The lowest BCUT2D eigenvalue weighted by Crippen LogP contribution is -2.49. The van der Waals surface area contributed by atoms with Crippen molar-refractivity contribution in [1.29, 1.82) is 0 Å². The van der Waals surface area contributed by atoms with Gasteiger partial charge in [0, 0.05) is 30.7 Å². The Hall–Kier alpha value is -2.44. The lowest BCUT2D eigenvalue weighted by molar-refractivity contribution is -0.129. The minimum Gasteiger partial charge on any atom is -0.365 e. The Labute approximate surface area is 158 Å². The molecule has 27 heavy (non-hydrogen) atoms. The predicted octanol–water partition coefficient (Wildman–Crippen LogP) is 3.54. The van der Waals surface area contributed by atoms with E-state index < -0.39 is 5.67 Å². The average Bonchev–Trinajstić information content (AvgIpc) is 3.06. The molecule has 2 fully saturated rings. The molecule has 4 rings (SSSR count). The number of aromatic amines is 1. The second-order valence-electron chi connectivity index (χ2n) is 7.98. The average molecular weight is 371 g/mol. The number of carbonyl (C=O) groups excluding carboxylic acids is 1. The van der Waals surface area contributed by atoms with Gasteiger partial charge >= 0.3 is 0 Å². The van der Waals surface area contributed by atoms with Crippen LogP contribution in [0, 0.1) is 0 Å². The van der Waals surface area contributed by atoms with Crippen molar-refractivity contribution in [3.05, 3.63) is 30.2 Å². The first-order chi connectivity index (χ1) is 12.9. The maximum atomic E-state index is 14.3. The highest BCUT2D eigenvalue weighted by Crippen LogP contribution is 2.56. The van der Waals surface area contributed by atoms with Crippen molar-refractivity contribution in [1.82, 2.24) is 19.9 Å². The van der Waals surface area contributed by atoms with Crippen molar-refractivity contribution < 1.29 is 9.18 Å². The molecule has 0 spiro atoms. The molecule has 1 aliphatic carbocycles. The topological polar surface area (TPSA) is 73.9 Å². The molecule has 0 bridgehead atoms. The minimum absolute atomic E-state index is 0.0397. The van der Waals surface area contributed by atoms with Gasteiger partial charge < -0.3 is 15.2 Å². The summed E-state index contributed by atoms with van der Waals surface area (Å²) in [7, 11) is 0. The molecule has 1 saturated carbocycles. The van der Waals surface area contributed by atoms with Crippen LogP contribution in [0.25, 0.3) is 11.0 Å². The summed E-state index contributed by atoms with van der Waals surface area (Å²) in [5.41, 5.74) is 0.499. The number of fused-ring (bicyclic) bond motifs is 1. The van der Waals surface area contributed by atoms with Crippen molar-refractivity contribution in [3.63, 3.8) is 0 Å². The Morgan fingerprint density at radius 1 is 1.44 bits per heavy atom. The first kappa shape index (κ1) is 17.9. The van der Waals surface area contributed by atoms with Gasteiger partial charge in [-0.3, -0.25) is 4.79 Å². The van der Waals surface area contributed by atoms with E-state index in [1.54, 1.807) is 19.1 Å². The van der Waals surface area contributed by atoms with Crippen LogP contribution in [-0.4, -0.2) is 50.1 Å². The molecule has 1 amide bonds. The number of anilines is 1. The van der Waals surface area contributed by atoms with Crippen LogP contribution >= 0.6 is 0 Å². The summed E-state index contributed by atoms with van der Waals surface area (Å²) in [5.74, 6) is 0.645. The van der Waals surface area contributed by atoms with Crippen LogP contribution in [0.2, 0.25) is 0 Å². The Kier molecular flexibility index (Phi) is 4.40.